The van der Waals surface area contributed by atoms with E-state index in [4.69, 9.17) is 10.5 Å². The summed E-state index contributed by atoms with van der Waals surface area (Å²) in [6, 6.07) is 3.56. The molecule has 0 aliphatic heterocycles. The van der Waals surface area contributed by atoms with Crippen molar-refractivity contribution in [2.75, 3.05) is 13.7 Å². The van der Waals surface area contributed by atoms with Gasteiger partial charge in [0, 0.05) is 12.1 Å². The third-order valence-corrected chi connectivity index (χ3v) is 3.77. The molecule has 0 radical (unpaired) electrons. The zero-order chi connectivity index (χ0) is 13.0. The molecule has 1 aromatic heterocycles. The molecule has 0 saturated heterocycles. The molecule has 1 aromatic rings. The number of Topliss-reactive ketones (excluding diaryl/α,β-unsaturated/α-hetero) is 1. The standard InChI is InChI=1S/C14H20N2O2/c1-18-12-3-2-8-16-13(12)14(17)11-6-4-10(9-15)5-7-11/h2-3,8,10-11H,4-7,9,15H2,1H3. The number of ether oxygens (including phenoxy) is 1. The quantitative estimate of drug-likeness (QED) is 0.828. The molecule has 1 saturated carbocycles. The van der Waals surface area contributed by atoms with E-state index in [-0.39, 0.29) is 11.7 Å². The molecule has 0 atom stereocenters. The van der Waals surface area contributed by atoms with E-state index in [1.165, 1.54) is 0 Å². The molecule has 4 nitrogen and oxygen atoms in total. The summed E-state index contributed by atoms with van der Waals surface area (Å²) in [6.07, 6.45) is 5.56. The lowest BCUT2D eigenvalue weighted by Gasteiger charge is -2.26. The van der Waals surface area contributed by atoms with Crippen molar-refractivity contribution in [2.45, 2.75) is 25.7 Å². The minimum absolute atomic E-state index is 0.0802. The SMILES string of the molecule is COc1cccnc1C(=O)C1CCC(CN)CC1. The average molecular weight is 248 g/mol. The fraction of sp³-hybridized carbons (Fsp3) is 0.571. The number of ketones is 1. The van der Waals surface area contributed by atoms with Crippen LogP contribution in [0.4, 0.5) is 0 Å². The molecular formula is C14H20N2O2. The Bertz CT molecular complexity index is 412. The molecular weight excluding hydrogens is 228 g/mol. The topological polar surface area (TPSA) is 65.2 Å². The fourth-order valence-electron chi connectivity index (χ4n) is 2.59. The van der Waals surface area contributed by atoms with Gasteiger partial charge in [0.15, 0.2) is 5.78 Å². The predicted molar refractivity (Wildman–Crippen MR) is 69.6 cm³/mol. The van der Waals surface area contributed by atoms with Gasteiger partial charge in [0.05, 0.1) is 7.11 Å². The molecule has 0 aromatic carbocycles. The number of aromatic nitrogens is 1. The van der Waals surface area contributed by atoms with Crippen LogP contribution in [-0.4, -0.2) is 24.4 Å². The first-order chi connectivity index (χ1) is 8.76. The van der Waals surface area contributed by atoms with E-state index in [2.05, 4.69) is 4.98 Å². The van der Waals surface area contributed by atoms with Crippen LogP contribution in [0.2, 0.25) is 0 Å². The van der Waals surface area contributed by atoms with E-state index in [9.17, 15) is 4.79 Å². The predicted octanol–water partition coefficient (Wildman–Crippen LogP) is 2.04. The van der Waals surface area contributed by atoms with Crippen LogP contribution < -0.4 is 10.5 Å². The first-order valence-corrected chi connectivity index (χ1v) is 6.49. The molecule has 18 heavy (non-hydrogen) atoms. The van der Waals surface area contributed by atoms with Crippen LogP contribution in [0, 0.1) is 11.8 Å². The van der Waals surface area contributed by atoms with E-state index in [0.717, 1.165) is 32.2 Å². The highest BCUT2D eigenvalue weighted by Gasteiger charge is 2.28. The third-order valence-electron chi connectivity index (χ3n) is 3.77. The number of hydrogen-bond donors (Lipinski definition) is 1. The van der Waals surface area contributed by atoms with Gasteiger partial charge in [-0.15, -0.1) is 0 Å². The van der Waals surface area contributed by atoms with Crippen molar-refractivity contribution < 1.29 is 9.53 Å². The largest absolute Gasteiger partial charge is 0.494 e. The van der Waals surface area contributed by atoms with Crippen molar-refractivity contribution in [2.24, 2.45) is 17.6 Å². The highest BCUT2D eigenvalue weighted by atomic mass is 16.5. The van der Waals surface area contributed by atoms with E-state index >= 15 is 0 Å². The molecule has 2 rings (SSSR count). The molecule has 1 heterocycles. The summed E-state index contributed by atoms with van der Waals surface area (Å²) in [6.45, 7) is 0.730. The van der Waals surface area contributed by atoms with Crippen molar-refractivity contribution in [1.29, 1.82) is 0 Å². The van der Waals surface area contributed by atoms with Gasteiger partial charge in [-0.2, -0.15) is 0 Å². The Labute approximate surface area is 108 Å². The maximum absolute atomic E-state index is 12.4. The van der Waals surface area contributed by atoms with Crippen molar-refractivity contribution in [1.82, 2.24) is 4.98 Å². The van der Waals surface area contributed by atoms with Crippen LogP contribution in [0.25, 0.3) is 0 Å². The molecule has 0 spiro atoms. The van der Waals surface area contributed by atoms with Gasteiger partial charge >= 0.3 is 0 Å². The number of carbonyl (C=O) groups excluding carboxylic acids is 1. The lowest BCUT2D eigenvalue weighted by Crippen LogP contribution is -2.26. The monoisotopic (exact) mass is 248 g/mol. The molecule has 98 valence electrons. The molecule has 0 amide bonds. The van der Waals surface area contributed by atoms with E-state index in [1.807, 2.05) is 0 Å². The summed E-state index contributed by atoms with van der Waals surface area (Å²) in [7, 11) is 1.57. The van der Waals surface area contributed by atoms with Gasteiger partial charge in [-0.1, -0.05) is 0 Å². The first kappa shape index (κ1) is 13.0. The summed E-state index contributed by atoms with van der Waals surface area (Å²) in [4.78, 5) is 16.6. The van der Waals surface area contributed by atoms with Crippen molar-refractivity contribution in [3.05, 3.63) is 24.0 Å². The normalized spacial score (nSPS) is 23.7. The highest BCUT2D eigenvalue weighted by Crippen LogP contribution is 2.31. The van der Waals surface area contributed by atoms with Gasteiger partial charge in [0.2, 0.25) is 0 Å². The van der Waals surface area contributed by atoms with E-state index in [1.54, 1.807) is 25.4 Å². The molecule has 2 N–H and O–H groups in total. The number of rotatable bonds is 4. The van der Waals surface area contributed by atoms with Crippen LogP contribution in [-0.2, 0) is 0 Å². The number of hydrogen-bond acceptors (Lipinski definition) is 4. The minimum atomic E-state index is 0.0802. The zero-order valence-corrected chi connectivity index (χ0v) is 10.8. The lowest BCUT2D eigenvalue weighted by atomic mass is 9.79. The maximum Gasteiger partial charge on any atom is 0.188 e. The Kier molecular flexibility index (Phi) is 4.31. The second-order valence-electron chi connectivity index (χ2n) is 4.87. The Hall–Kier alpha value is -1.42. The van der Waals surface area contributed by atoms with Gasteiger partial charge in [-0.25, -0.2) is 4.98 Å². The number of carbonyl (C=O) groups is 1. The summed E-state index contributed by atoms with van der Waals surface area (Å²) in [5, 5.41) is 0. The van der Waals surface area contributed by atoms with Crippen LogP contribution in [0.1, 0.15) is 36.2 Å². The second-order valence-corrected chi connectivity index (χ2v) is 4.87. The minimum Gasteiger partial charge on any atom is -0.494 e. The number of methoxy groups -OCH3 is 1. The number of nitrogens with zero attached hydrogens (tertiary/aromatic N) is 1. The Morgan fingerprint density at radius 3 is 2.78 bits per heavy atom. The summed E-state index contributed by atoms with van der Waals surface area (Å²) in [5.41, 5.74) is 6.13. The highest BCUT2D eigenvalue weighted by molar-refractivity contribution is 5.98. The average Bonchev–Trinajstić information content (AvgIpc) is 2.46. The van der Waals surface area contributed by atoms with Crippen molar-refractivity contribution in [3.63, 3.8) is 0 Å². The molecule has 1 aliphatic rings. The third kappa shape index (κ3) is 2.70. The van der Waals surface area contributed by atoms with Gasteiger partial charge < -0.3 is 10.5 Å². The summed E-state index contributed by atoms with van der Waals surface area (Å²) < 4.78 is 5.20. The van der Waals surface area contributed by atoms with Gasteiger partial charge in [0.1, 0.15) is 11.4 Å². The van der Waals surface area contributed by atoms with Crippen molar-refractivity contribution >= 4 is 5.78 Å². The fourth-order valence-corrected chi connectivity index (χ4v) is 2.59. The van der Waals surface area contributed by atoms with Crippen molar-refractivity contribution in [3.8, 4) is 5.75 Å². The Balaban J connectivity index is 2.08. The first-order valence-electron chi connectivity index (χ1n) is 6.49. The lowest BCUT2D eigenvalue weighted by molar-refractivity contribution is 0.0865. The van der Waals surface area contributed by atoms with Crippen LogP contribution in [0.15, 0.2) is 18.3 Å². The second kappa shape index (κ2) is 5.96. The van der Waals surface area contributed by atoms with Crippen LogP contribution in [0.3, 0.4) is 0 Å². The molecule has 1 fully saturated rings. The zero-order valence-electron chi connectivity index (χ0n) is 10.8. The molecule has 0 unspecified atom stereocenters. The van der Waals surface area contributed by atoms with E-state index < -0.39 is 0 Å². The van der Waals surface area contributed by atoms with Gasteiger partial charge in [-0.3, -0.25) is 4.79 Å². The summed E-state index contributed by atoms with van der Waals surface area (Å²) >= 11 is 0. The molecule has 0 bridgehead atoms. The van der Waals surface area contributed by atoms with E-state index in [0.29, 0.717) is 17.4 Å². The molecule has 1 aliphatic carbocycles. The smallest absolute Gasteiger partial charge is 0.188 e. The van der Waals surface area contributed by atoms with Gasteiger partial charge in [-0.05, 0) is 50.3 Å². The number of nitrogens with two attached hydrogens (primary N) is 1. The maximum atomic E-state index is 12.4. The summed E-state index contributed by atoms with van der Waals surface area (Å²) in [5.74, 6) is 1.35. The Morgan fingerprint density at radius 1 is 1.44 bits per heavy atom. The van der Waals surface area contributed by atoms with Gasteiger partial charge in [0.25, 0.3) is 0 Å². The Morgan fingerprint density at radius 2 is 2.17 bits per heavy atom. The number of pyridine rings is 1. The van der Waals surface area contributed by atoms with Crippen LogP contribution in [0.5, 0.6) is 5.75 Å². The van der Waals surface area contributed by atoms with Crippen LogP contribution >= 0.6 is 0 Å². The molecule has 4 heteroatoms.